The first-order valence-electron chi connectivity index (χ1n) is 6.84. The lowest BCUT2D eigenvalue weighted by Crippen LogP contribution is -2.32. The van der Waals surface area contributed by atoms with E-state index in [0.717, 1.165) is 24.4 Å². The van der Waals surface area contributed by atoms with Crippen molar-refractivity contribution in [3.63, 3.8) is 0 Å². The number of aryl methyl sites for hydroxylation is 3. The van der Waals surface area contributed by atoms with Gasteiger partial charge in [0, 0.05) is 31.7 Å². The third-order valence-corrected chi connectivity index (χ3v) is 3.28. The molecule has 0 bridgehead atoms. The van der Waals surface area contributed by atoms with E-state index in [1.165, 1.54) is 0 Å². The van der Waals surface area contributed by atoms with Crippen LogP contribution >= 0.6 is 0 Å². The molecule has 2 aromatic rings. The van der Waals surface area contributed by atoms with Gasteiger partial charge in [0.25, 0.3) is 0 Å². The number of nitrogens with one attached hydrogen (secondary N) is 1. The predicted octanol–water partition coefficient (Wildman–Crippen LogP) is 1.46. The van der Waals surface area contributed by atoms with Gasteiger partial charge < -0.3 is 9.88 Å². The van der Waals surface area contributed by atoms with Gasteiger partial charge in [0.05, 0.1) is 6.20 Å². The van der Waals surface area contributed by atoms with Gasteiger partial charge in [0.2, 0.25) is 5.91 Å². The SMILES string of the molecule is Cc1cnn(CCCNC(=O)[C@@H](C)n2ccnc2C)c1. The topological polar surface area (TPSA) is 64.7 Å². The molecule has 1 atom stereocenters. The number of rotatable bonds is 6. The normalized spacial score (nSPS) is 12.3. The van der Waals surface area contributed by atoms with Crippen LogP contribution in [0.5, 0.6) is 0 Å². The maximum Gasteiger partial charge on any atom is 0.242 e. The molecular formula is C14H21N5O. The average molecular weight is 275 g/mol. The summed E-state index contributed by atoms with van der Waals surface area (Å²) in [6.07, 6.45) is 8.23. The number of imidazole rings is 1. The molecule has 2 heterocycles. The third kappa shape index (κ3) is 3.46. The number of nitrogens with zero attached hydrogens (tertiary/aromatic N) is 4. The molecule has 0 aliphatic heterocycles. The van der Waals surface area contributed by atoms with Crippen LogP contribution in [0.15, 0.2) is 24.8 Å². The van der Waals surface area contributed by atoms with Crippen LogP contribution in [0.4, 0.5) is 0 Å². The molecule has 0 aliphatic rings. The Morgan fingerprint density at radius 3 is 2.85 bits per heavy atom. The Kier molecular flexibility index (Phi) is 4.55. The standard InChI is InChI=1S/C14H21N5O/c1-11-9-17-18(10-11)7-4-5-16-14(20)12(2)19-8-6-15-13(19)3/h6,8-10,12H,4-5,7H2,1-3H3,(H,16,20)/t12-/m1/s1. The van der Waals surface area contributed by atoms with E-state index in [4.69, 9.17) is 0 Å². The van der Waals surface area contributed by atoms with Crippen molar-refractivity contribution in [3.8, 4) is 0 Å². The number of carbonyl (C=O) groups excluding carboxylic acids is 1. The Balaban J connectivity index is 1.74. The van der Waals surface area contributed by atoms with E-state index in [9.17, 15) is 4.79 Å². The van der Waals surface area contributed by atoms with Crippen LogP contribution in [0.2, 0.25) is 0 Å². The molecule has 2 aromatic heterocycles. The quantitative estimate of drug-likeness (QED) is 0.812. The second kappa shape index (κ2) is 6.36. The van der Waals surface area contributed by atoms with E-state index in [1.54, 1.807) is 6.20 Å². The molecule has 0 radical (unpaired) electrons. The zero-order chi connectivity index (χ0) is 14.5. The molecule has 6 nitrogen and oxygen atoms in total. The van der Waals surface area contributed by atoms with Crippen LogP contribution in [-0.4, -0.2) is 31.8 Å². The minimum Gasteiger partial charge on any atom is -0.354 e. The fourth-order valence-corrected chi connectivity index (χ4v) is 2.11. The van der Waals surface area contributed by atoms with Crippen LogP contribution in [0.1, 0.15) is 30.8 Å². The van der Waals surface area contributed by atoms with Crippen molar-refractivity contribution in [2.24, 2.45) is 0 Å². The first-order valence-corrected chi connectivity index (χ1v) is 6.84. The molecule has 0 saturated carbocycles. The van der Waals surface area contributed by atoms with Crippen LogP contribution < -0.4 is 5.32 Å². The van der Waals surface area contributed by atoms with Crippen molar-refractivity contribution in [2.75, 3.05) is 6.54 Å². The van der Waals surface area contributed by atoms with Gasteiger partial charge >= 0.3 is 0 Å². The maximum absolute atomic E-state index is 12.0. The van der Waals surface area contributed by atoms with Crippen LogP contribution in [0, 0.1) is 13.8 Å². The average Bonchev–Trinajstić information content (AvgIpc) is 3.02. The molecule has 20 heavy (non-hydrogen) atoms. The molecule has 0 fully saturated rings. The Labute approximate surface area is 118 Å². The lowest BCUT2D eigenvalue weighted by molar-refractivity contribution is -0.123. The highest BCUT2D eigenvalue weighted by Crippen LogP contribution is 2.08. The maximum atomic E-state index is 12.0. The highest BCUT2D eigenvalue weighted by Gasteiger charge is 2.15. The van der Waals surface area contributed by atoms with Crippen LogP contribution in [-0.2, 0) is 11.3 Å². The van der Waals surface area contributed by atoms with E-state index < -0.39 is 0 Å². The zero-order valence-corrected chi connectivity index (χ0v) is 12.2. The molecular weight excluding hydrogens is 254 g/mol. The number of amides is 1. The monoisotopic (exact) mass is 275 g/mol. The number of hydrogen-bond donors (Lipinski definition) is 1. The molecule has 1 amide bonds. The van der Waals surface area contributed by atoms with Gasteiger partial charge in [-0.05, 0) is 32.8 Å². The predicted molar refractivity (Wildman–Crippen MR) is 76.3 cm³/mol. The second-order valence-electron chi connectivity index (χ2n) is 4.98. The fraction of sp³-hybridized carbons (Fsp3) is 0.500. The Bertz CT molecular complexity index is 572. The summed E-state index contributed by atoms with van der Waals surface area (Å²) in [6.45, 7) is 7.24. The van der Waals surface area contributed by atoms with Gasteiger partial charge in [-0.25, -0.2) is 4.98 Å². The Morgan fingerprint density at radius 2 is 2.25 bits per heavy atom. The summed E-state index contributed by atoms with van der Waals surface area (Å²) in [6, 6.07) is -0.232. The van der Waals surface area contributed by atoms with Crippen molar-refractivity contribution in [1.29, 1.82) is 0 Å². The van der Waals surface area contributed by atoms with Crippen molar-refractivity contribution >= 4 is 5.91 Å². The molecule has 0 spiro atoms. The number of hydrogen-bond acceptors (Lipinski definition) is 3. The summed E-state index contributed by atoms with van der Waals surface area (Å²) < 4.78 is 3.76. The van der Waals surface area contributed by atoms with Crippen molar-refractivity contribution in [3.05, 3.63) is 36.2 Å². The summed E-state index contributed by atoms with van der Waals surface area (Å²) in [5.74, 6) is 0.863. The van der Waals surface area contributed by atoms with Gasteiger partial charge in [0.15, 0.2) is 0 Å². The van der Waals surface area contributed by atoms with Crippen molar-refractivity contribution in [1.82, 2.24) is 24.6 Å². The zero-order valence-electron chi connectivity index (χ0n) is 12.2. The van der Waals surface area contributed by atoms with Crippen LogP contribution in [0.3, 0.4) is 0 Å². The number of aromatic nitrogens is 4. The summed E-state index contributed by atoms with van der Waals surface area (Å²) in [5, 5.41) is 7.16. The minimum absolute atomic E-state index is 0.0164. The second-order valence-corrected chi connectivity index (χ2v) is 4.98. The Morgan fingerprint density at radius 1 is 1.45 bits per heavy atom. The van der Waals surface area contributed by atoms with E-state index in [2.05, 4.69) is 15.4 Å². The van der Waals surface area contributed by atoms with Gasteiger partial charge in [-0.15, -0.1) is 0 Å². The molecule has 2 rings (SSSR count). The van der Waals surface area contributed by atoms with Gasteiger partial charge in [-0.1, -0.05) is 0 Å². The first kappa shape index (κ1) is 14.3. The van der Waals surface area contributed by atoms with Crippen molar-refractivity contribution < 1.29 is 4.79 Å². The fourth-order valence-electron chi connectivity index (χ4n) is 2.11. The summed E-state index contributed by atoms with van der Waals surface area (Å²) in [5.41, 5.74) is 1.15. The number of carbonyl (C=O) groups is 1. The largest absolute Gasteiger partial charge is 0.354 e. The molecule has 0 saturated heterocycles. The summed E-state index contributed by atoms with van der Waals surface area (Å²) in [7, 11) is 0. The molecule has 108 valence electrons. The van der Waals surface area contributed by atoms with E-state index in [-0.39, 0.29) is 11.9 Å². The lowest BCUT2D eigenvalue weighted by atomic mass is 10.3. The highest BCUT2D eigenvalue weighted by atomic mass is 16.2. The summed E-state index contributed by atoms with van der Waals surface area (Å²) >= 11 is 0. The van der Waals surface area contributed by atoms with E-state index >= 15 is 0 Å². The van der Waals surface area contributed by atoms with E-state index in [1.807, 2.05) is 48.6 Å². The van der Waals surface area contributed by atoms with Gasteiger partial charge in [-0.3, -0.25) is 9.48 Å². The smallest absolute Gasteiger partial charge is 0.242 e. The minimum atomic E-state index is -0.232. The lowest BCUT2D eigenvalue weighted by Gasteiger charge is -2.15. The van der Waals surface area contributed by atoms with Crippen molar-refractivity contribution in [2.45, 2.75) is 39.8 Å². The van der Waals surface area contributed by atoms with Crippen LogP contribution in [0.25, 0.3) is 0 Å². The molecule has 6 heteroatoms. The van der Waals surface area contributed by atoms with E-state index in [0.29, 0.717) is 6.54 Å². The molecule has 0 aliphatic carbocycles. The first-order chi connectivity index (χ1) is 9.58. The third-order valence-electron chi connectivity index (χ3n) is 3.28. The molecule has 0 unspecified atom stereocenters. The highest BCUT2D eigenvalue weighted by molar-refractivity contribution is 5.79. The van der Waals surface area contributed by atoms with Gasteiger partial charge in [0.1, 0.15) is 11.9 Å². The summed E-state index contributed by atoms with van der Waals surface area (Å²) in [4.78, 5) is 16.2. The molecule has 0 aromatic carbocycles. The van der Waals surface area contributed by atoms with Gasteiger partial charge in [-0.2, -0.15) is 5.10 Å². The Hall–Kier alpha value is -2.11. The molecule has 1 N–H and O–H groups in total.